The highest BCUT2D eigenvalue weighted by Gasteiger charge is 2.07. The van der Waals surface area contributed by atoms with E-state index in [0.29, 0.717) is 11.8 Å². The molecule has 27 heavy (non-hydrogen) atoms. The van der Waals surface area contributed by atoms with Gasteiger partial charge < -0.3 is 14.4 Å². The van der Waals surface area contributed by atoms with Gasteiger partial charge in [0.15, 0.2) is 0 Å². The number of ether oxygens (including phenoxy) is 2. The van der Waals surface area contributed by atoms with Crippen molar-refractivity contribution in [3.63, 3.8) is 0 Å². The van der Waals surface area contributed by atoms with Crippen molar-refractivity contribution in [1.29, 1.82) is 0 Å². The lowest BCUT2D eigenvalue weighted by atomic mass is 10.2. The molecule has 0 aliphatic carbocycles. The molecule has 6 heteroatoms. The lowest BCUT2D eigenvalue weighted by molar-refractivity contribution is 0.415. The molecule has 0 aliphatic heterocycles. The average Bonchev–Trinajstić information content (AvgIpc) is 2.74. The van der Waals surface area contributed by atoms with E-state index in [1.165, 1.54) is 0 Å². The number of anilines is 2. The molecule has 2 aromatic carbocycles. The Hall–Kier alpha value is -3.67. The van der Waals surface area contributed by atoms with Crippen molar-refractivity contribution >= 4 is 22.3 Å². The highest BCUT2D eigenvalue weighted by atomic mass is 16.5. The third-order valence-electron chi connectivity index (χ3n) is 4.26. The summed E-state index contributed by atoms with van der Waals surface area (Å²) in [6.45, 7) is 0. The van der Waals surface area contributed by atoms with Crippen LogP contribution < -0.4 is 14.4 Å². The van der Waals surface area contributed by atoms with E-state index in [9.17, 15) is 0 Å². The molecule has 134 valence electrons. The third kappa shape index (κ3) is 3.64. The van der Waals surface area contributed by atoms with Crippen molar-refractivity contribution in [2.75, 3.05) is 19.1 Å². The van der Waals surface area contributed by atoms with Crippen LogP contribution in [0.5, 0.6) is 17.5 Å². The molecule has 6 nitrogen and oxygen atoms in total. The number of fused-ring (bicyclic) bond motifs is 1. The van der Waals surface area contributed by atoms with Crippen LogP contribution in [0, 0.1) is 0 Å². The van der Waals surface area contributed by atoms with Crippen molar-refractivity contribution in [1.82, 2.24) is 15.0 Å². The first kappa shape index (κ1) is 16.8. The Kier molecular flexibility index (Phi) is 4.53. The Balaban J connectivity index is 1.50. The number of pyridine rings is 1. The second-order valence-corrected chi connectivity index (χ2v) is 5.94. The molecule has 0 unspecified atom stereocenters. The summed E-state index contributed by atoms with van der Waals surface area (Å²) < 4.78 is 11.0. The molecule has 0 fully saturated rings. The molecule has 0 spiro atoms. The molecule has 2 aromatic heterocycles. The second-order valence-electron chi connectivity index (χ2n) is 5.94. The summed E-state index contributed by atoms with van der Waals surface area (Å²) in [7, 11) is 3.67. The minimum atomic E-state index is 0.298. The maximum Gasteiger partial charge on any atom is 0.322 e. The average molecular weight is 358 g/mol. The van der Waals surface area contributed by atoms with Gasteiger partial charge in [-0.2, -0.15) is 4.98 Å². The Labute approximate surface area is 157 Å². The molecule has 0 saturated heterocycles. The van der Waals surface area contributed by atoms with Gasteiger partial charge in [0, 0.05) is 36.2 Å². The van der Waals surface area contributed by atoms with Gasteiger partial charge in [0.05, 0.1) is 18.8 Å². The van der Waals surface area contributed by atoms with E-state index in [0.717, 1.165) is 28.0 Å². The fraction of sp³-hybridized carbons (Fsp3) is 0.0952. The normalized spacial score (nSPS) is 10.6. The molecule has 4 rings (SSSR count). The number of aromatic nitrogens is 3. The van der Waals surface area contributed by atoms with Crippen LogP contribution in [-0.2, 0) is 0 Å². The summed E-state index contributed by atoms with van der Waals surface area (Å²) in [5, 5.41) is 0.925. The minimum absolute atomic E-state index is 0.298. The van der Waals surface area contributed by atoms with Crippen molar-refractivity contribution in [3.8, 4) is 17.5 Å². The molecular weight excluding hydrogens is 340 g/mol. The number of nitrogens with zero attached hydrogens (tertiary/aromatic N) is 4. The van der Waals surface area contributed by atoms with Gasteiger partial charge in [-0.1, -0.05) is 0 Å². The number of rotatable bonds is 5. The third-order valence-corrected chi connectivity index (χ3v) is 4.26. The molecule has 0 bridgehead atoms. The molecule has 0 amide bonds. The highest BCUT2D eigenvalue weighted by Crippen LogP contribution is 2.28. The highest BCUT2D eigenvalue weighted by molar-refractivity contribution is 5.76. The number of hydrogen-bond acceptors (Lipinski definition) is 6. The smallest absolute Gasteiger partial charge is 0.322 e. The van der Waals surface area contributed by atoms with Gasteiger partial charge in [-0.15, -0.1) is 0 Å². The van der Waals surface area contributed by atoms with Gasteiger partial charge in [-0.3, -0.25) is 4.98 Å². The summed E-state index contributed by atoms with van der Waals surface area (Å²) in [6, 6.07) is 17.8. The van der Waals surface area contributed by atoms with Crippen LogP contribution in [0.1, 0.15) is 0 Å². The summed E-state index contributed by atoms with van der Waals surface area (Å²) in [5.41, 5.74) is 2.85. The Morgan fingerprint density at radius 1 is 0.815 bits per heavy atom. The van der Waals surface area contributed by atoms with E-state index < -0.39 is 0 Å². The SMILES string of the molecule is COc1ccc(N(C)c2ccc(Oc3ncc4ccncc4n3)cc2)cc1. The fourth-order valence-electron chi connectivity index (χ4n) is 2.70. The van der Waals surface area contributed by atoms with Crippen LogP contribution in [0.25, 0.3) is 10.9 Å². The predicted octanol–water partition coefficient (Wildman–Crippen LogP) is 4.59. The van der Waals surface area contributed by atoms with Gasteiger partial charge in [-0.05, 0) is 54.6 Å². The van der Waals surface area contributed by atoms with E-state index in [1.54, 1.807) is 25.7 Å². The van der Waals surface area contributed by atoms with Crippen LogP contribution in [0.2, 0.25) is 0 Å². The summed E-state index contributed by atoms with van der Waals surface area (Å²) in [5.74, 6) is 1.51. The number of hydrogen-bond donors (Lipinski definition) is 0. The molecule has 4 aromatic rings. The zero-order valence-electron chi connectivity index (χ0n) is 15.0. The maximum absolute atomic E-state index is 5.77. The fourth-order valence-corrected chi connectivity index (χ4v) is 2.70. The van der Waals surface area contributed by atoms with E-state index in [4.69, 9.17) is 9.47 Å². The molecular formula is C21H18N4O2. The molecule has 0 radical (unpaired) electrons. The van der Waals surface area contributed by atoms with Crippen molar-refractivity contribution in [2.24, 2.45) is 0 Å². The quantitative estimate of drug-likeness (QED) is 0.520. The van der Waals surface area contributed by atoms with Gasteiger partial charge in [0.1, 0.15) is 11.5 Å². The van der Waals surface area contributed by atoms with Gasteiger partial charge in [-0.25, -0.2) is 4.98 Å². The van der Waals surface area contributed by atoms with E-state index in [-0.39, 0.29) is 0 Å². The monoisotopic (exact) mass is 358 g/mol. The van der Waals surface area contributed by atoms with Crippen molar-refractivity contribution in [2.45, 2.75) is 0 Å². The Bertz CT molecular complexity index is 1050. The Morgan fingerprint density at radius 2 is 1.48 bits per heavy atom. The Morgan fingerprint density at radius 3 is 2.15 bits per heavy atom. The van der Waals surface area contributed by atoms with Crippen molar-refractivity contribution in [3.05, 3.63) is 73.2 Å². The van der Waals surface area contributed by atoms with Gasteiger partial charge >= 0.3 is 6.01 Å². The first-order chi connectivity index (χ1) is 13.2. The van der Waals surface area contributed by atoms with Crippen LogP contribution in [0.15, 0.2) is 73.2 Å². The lowest BCUT2D eigenvalue weighted by Gasteiger charge is -2.20. The zero-order chi connectivity index (χ0) is 18.6. The molecule has 0 N–H and O–H groups in total. The number of methoxy groups -OCH3 is 1. The molecule has 0 atom stereocenters. The van der Waals surface area contributed by atoms with Crippen molar-refractivity contribution < 1.29 is 9.47 Å². The molecule has 0 aliphatic rings. The number of benzene rings is 2. The molecule has 0 saturated carbocycles. The summed E-state index contributed by atoms with van der Waals surface area (Å²) in [6.07, 6.45) is 5.13. The van der Waals surface area contributed by atoms with Crippen LogP contribution >= 0.6 is 0 Å². The minimum Gasteiger partial charge on any atom is -0.497 e. The molecule has 2 heterocycles. The first-order valence-corrected chi connectivity index (χ1v) is 8.45. The lowest BCUT2D eigenvalue weighted by Crippen LogP contribution is -2.09. The van der Waals surface area contributed by atoms with E-state index in [2.05, 4.69) is 19.9 Å². The summed E-state index contributed by atoms with van der Waals surface area (Å²) >= 11 is 0. The summed E-state index contributed by atoms with van der Waals surface area (Å²) in [4.78, 5) is 14.8. The van der Waals surface area contributed by atoms with E-state index >= 15 is 0 Å². The zero-order valence-corrected chi connectivity index (χ0v) is 15.0. The van der Waals surface area contributed by atoms with Crippen LogP contribution in [-0.4, -0.2) is 29.1 Å². The topological polar surface area (TPSA) is 60.4 Å². The van der Waals surface area contributed by atoms with Gasteiger partial charge in [0.25, 0.3) is 0 Å². The van der Waals surface area contributed by atoms with E-state index in [1.807, 2.05) is 61.6 Å². The maximum atomic E-state index is 5.77. The van der Waals surface area contributed by atoms with Crippen LogP contribution in [0.4, 0.5) is 11.4 Å². The predicted molar refractivity (Wildman–Crippen MR) is 105 cm³/mol. The van der Waals surface area contributed by atoms with Gasteiger partial charge in [0.2, 0.25) is 0 Å². The largest absolute Gasteiger partial charge is 0.497 e. The standard InChI is InChI=1S/C21H18N4O2/c1-25(16-3-7-18(26-2)8-4-16)17-5-9-19(10-6-17)27-21-23-13-15-11-12-22-14-20(15)24-21/h3-14H,1-2H3. The first-order valence-electron chi connectivity index (χ1n) is 8.45. The second kappa shape index (κ2) is 7.29. The van der Waals surface area contributed by atoms with Crippen LogP contribution in [0.3, 0.4) is 0 Å².